The van der Waals surface area contributed by atoms with Gasteiger partial charge < -0.3 is 0 Å². The van der Waals surface area contributed by atoms with E-state index >= 15 is 0 Å². The van der Waals surface area contributed by atoms with Gasteiger partial charge in [0.1, 0.15) is 11.3 Å². The molecule has 1 N–H and O–H groups in total. The van der Waals surface area contributed by atoms with Crippen molar-refractivity contribution in [2.24, 2.45) is 5.10 Å². The fraction of sp³-hybridized carbons (Fsp3) is 0. The van der Waals surface area contributed by atoms with Gasteiger partial charge in [0, 0.05) is 0 Å². The van der Waals surface area contributed by atoms with E-state index in [1.54, 1.807) is 23.9 Å². The van der Waals surface area contributed by atoms with Gasteiger partial charge in [-0.05, 0) is 17.7 Å². The maximum absolute atomic E-state index is 12.6. The Morgan fingerprint density at radius 3 is 2.80 bits per heavy atom. The van der Waals surface area contributed by atoms with Crippen molar-refractivity contribution in [2.75, 3.05) is 5.43 Å². The number of hydrazone groups is 1. The zero-order valence-electron chi connectivity index (χ0n) is 7.59. The first-order valence-corrected chi connectivity index (χ1v) is 5.03. The highest BCUT2D eigenvalue weighted by atomic mass is 32.1. The van der Waals surface area contributed by atoms with Crippen molar-refractivity contribution in [1.82, 2.24) is 10.2 Å². The molecule has 0 unspecified atom stereocenters. The summed E-state index contributed by atoms with van der Waals surface area (Å²) in [6.45, 7) is 0. The van der Waals surface area contributed by atoms with Crippen LogP contribution in [0, 0.1) is 5.82 Å². The van der Waals surface area contributed by atoms with Crippen LogP contribution in [0.3, 0.4) is 0 Å². The van der Waals surface area contributed by atoms with Gasteiger partial charge in [0.05, 0.1) is 6.21 Å². The summed E-state index contributed by atoms with van der Waals surface area (Å²) in [5.74, 6) is -0.260. The summed E-state index contributed by atoms with van der Waals surface area (Å²) < 4.78 is 12.6. The number of nitrogens with zero attached hydrogens (tertiary/aromatic N) is 3. The lowest BCUT2D eigenvalue weighted by atomic mass is 10.2. The molecule has 0 spiro atoms. The van der Waals surface area contributed by atoms with Gasteiger partial charge in [0.15, 0.2) is 0 Å². The molecule has 2 rings (SSSR count). The quantitative estimate of drug-likeness (QED) is 0.639. The van der Waals surface area contributed by atoms with Crippen LogP contribution in [0.5, 0.6) is 0 Å². The topological polar surface area (TPSA) is 50.2 Å². The summed E-state index contributed by atoms with van der Waals surface area (Å²) in [4.78, 5) is 0. The summed E-state index contributed by atoms with van der Waals surface area (Å²) in [7, 11) is 0. The molecule has 0 saturated carbocycles. The standard InChI is InChI=1S/C9H7FN4S/c10-8-3-1-7(2-4-8)5-11-13-9-14-12-6-15-9/h1-6H,(H,13,14)/b11-5+. The second-order valence-corrected chi connectivity index (χ2v) is 3.50. The second-order valence-electron chi connectivity index (χ2n) is 2.67. The van der Waals surface area contributed by atoms with Crippen LogP contribution in [0.1, 0.15) is 5.56 Å². The van der Waals surface area contributed by atoms with Crippen molar-refractivity contribution in [2.45, 2.75) is 0 Å². The molecule has 0 aliphatic carbocycles. The number of nitrogens with one attached hydrogen (secondary N) is 1. The molecule has 2 aromatic rings. The highest BCUT2D eigenvalue weighted by Crippen LogP contribution is 2.07. The van der Waals surface area contributed by atoms with Crippen LogP contribution in [0.2, 0.25) is 0 Å². The SMILES string of the molecule is Fc1ccc(/C=N/Nc2nncs2)cc1. The molecule has 0 saturated heterocycles. The van der Waals surface area contributed by atoms with Crippen LogP contribution >= 0.6 is 11.3 Å². The summed E-state index contributed by atoms with van der Waals surface area (Å²) >= 11 is 1.35. The predicted molar refractivity (Wildman–Crippen MR) is 57.5 cm³/mol. The summed E-state index contributed by atoms with van der Waals surface area (Å²) in [6, 6.07) is 6.04. The molecule has 1 aromatic carbocycles. The fourth-order valence-corrected chi connectivity index (χ4v) is 1.33. The van der Waals surface area contributed by atoms with E-state index < -0.39 is 0 Å². The van der Waals surface area contributed by atoms with E-state index in [1.807, 2.05) is 0 Å². The maximum atomic E-state index is 12.6. The van der Waals surface area contributed by atoms with Crippen LogP contribution in [-0.4, -0.2) is 16.4 Å². The van der Waals surface area contributed by atoms with Gasteiger partial charge in [-0.1, -0.05) is 23.5 Å². The normalized spacial score (nSPS) is 10.7. The van der Waals surface area contributed by atoms with Crippen LogP contribution in [-0.2, 0) is 0 Å². The third-order valence-electron chi connectivity index (χ3n) is 1.60. The molecule has 0 bridgehead atoms. The summed E-state index contributed by atoms with van der Waals surface area (Å²) in [5, 5.41) is 11.9. The van der Waals surface area contributed by atoms with Gasteiger partial charge in [-0.25, -0.2) is 4.39 Å². The number of aromatic nitrogens is 2. The van der Waals surface area contributed by atoms with Gasteiger partial charge in [-0.15, -0.1) is 10.2 Å². The Labute approximate surface area is 89.5 Å². The van der Waals surface area contributed by atoms with Gasteiger partial charge in [-0.2, -0.15) is 5.10 Å². The molecular formula is C9H7FN4S. The van der Waals surface area contributed by atoms with E-state index in [1.165, 1.54) is 23.5 Å². The van der Waals surface area contributed by atoms with Crippen molar-refractivity contribution in [3.63, 3.8) is 0 Å². The minimum Gasteiger partial charge on any atom is -0.251 e. The average Bonchev–Trinajstić information content (AvgIpc) is 2.74. The fourth-order valence-electron chi connectivity index (χ4n) is 0.933. The molecule has 0 radical (unpaired) electrons. The lowest BCUT2D eigenvalue weighted by molar-refractivity contribution is 0.628. The first-order valence-electron chi connectivity index (χ1n) is 4.15. The molecule has 1 aromatic heterocycles. The molecule has 1 heterocycles. The molecule has 0 atom stereocenters. The Morgan fingerprint density at radius 2 is 2.13 bits per heavy atom. The van der Waals surface area contributed by atoms with Gasteiger partial charge in [-0.3, -0.25) is 5.43 Å². The monoisotopic (exact) mass is 222 g/mol. The van der Waals surface area contributed by atoms with Crippen molar-refractivity contribution < 1.29 is 4.39 Å². The van der Waals surface area contributed by atoms with Crippen LogP contribution in [0.25, 0.3) is 0 Å². The van der Waals surface area contributed by atoms with Crippen molar-refractivity contribution >= 4 is 22.7 Å². The lowest BCUT2D eigenvalue weighted by Crippen LogP contribution is -1.90. The number of benzene rings is 1. The molecule has 0 amide bonds. The van der Waals surface area contributed by atoms with E-state index in [-0.39, 0.29) is 5.82 Å². The molecule has 0 aliphatic rings. The molecule has 6 heteroatoms. The summed E-state index contributed by atoms with van der Waals surface area (Å²) in [6.07, 6.45) is 1.58. The first kappa shape index (κ1) is 9.72. The Kier molecular flexibility index (Phi) is 2.99. The maximum Gasteiger partial charge on any atom is 0.225 e. The Hall–Kier alpha value is -1.82. The van der Waals surface area contributed by atoms with Gasteiger partial charge in [0.2, 0.25) is 5.13 Å². The van der Waals surface area contributed by atoms with Gasteiger partial charge in [0.25, 0.3) is 0 Å². The second kappa shape index (κ2) is 4.61. The minimum atomic E-state index is -0.260. The highest BCUT2D eigenvalue weighted by molar-refractivity contribution is 7.13. The Bertz CT molecular complexity index is 438. The highest BCUT2D eigenvalue weighted by Gasteiger charge is 1.91. The molecule has 15 heavy (non-hydrogen) atoms. The van der Waals surface area contributed by atoms with Crippen molar-refractivity contribution in [1.29, 1.82) is 0 Å². The van der Waals surface area contributed by atoms with E-state index in [4.69, 9.17) is 0 Å². The first-order chi connectivity index (χ1) is 7.34. The Morgan fingerprint density at radius 1 is 1.33 bits per heavy atom. The van der Waals surface area contributed by atoms with E-state index in [0.717, 1.165) is 5.56 Å². The molecule has 0 fully saturated rings. The van der Waals surface area contributed by atoms with Crippen LogP contribution < -0.4 is 5.43 Å². The smallest absolute Gasteiger partial charge is 0.225 e. The third kappa shape index (κ3) is 2.81. The molecule has 0 aliphatic heterocycles. The van der Waals surface area contributed by atoms with Crippen LogP contribution in [0.15, 0.2) is 34.9 Å². The Balaban J connectivity index is 1.97. The number of anilines is 1. The average molecular weight is 222 g/mol. The van der Waals surface area contributed by atoms with E-state index in [0.29, 0.717) is 5.13 Å². The number of halogens is 1. The number of hydrogen-bond donors (Lipinski definition) is 1. The van der Waals surface area contributed by atoms with Gasteiger partial charge >= 0.3 is 0 Å². The zero-order valence-corrected chi connectivity index (χ0v) is 8.41. The van der Waals surface area contributed by atoms with E-state index in [2.05, 4.69) is 20.7 Å². The lowest BCUT2D eigenvalue weighted by Gasteiger charge is -1.93. The van der Waals surface area contributed by atoms with Crippen molar-refractivity contribution in [3.8, 4) is 0 Å². The zero-order chi connectivity index (χ0) is 10.5. The largest absolute Gasteiger partial charge is 0.251 e. The van der Waals surface area contributed by atoms with E-state index in [9.17, 15) is 4.39 Å². The van der Waals surface area contributed by atoms with Crippen LogP contribution in [0.4, 0.5) is 9.52 Å². The van der Waals surface area contributed by atoms with Crippen molar-refractivity contribution in [3.05, 3.63) is 41.2 Å². The molecule has 76 valence electrons. The summed E-state index contributed by atoms with van der Waals surface area (Å²) in [5.41, 5.74) is 5.13. The third-order valence-corrected chi connectivity index (χ3v) is 2.20. The molecule has 4 nitrogen and oxygen atoms in total. The molecular weight excluding hydrogens is 215 g/mol. The predicted octanol–water partition coefficient (Wildman–Crippen LogP) is 2.12. The minimum absolute atomic E-state index is 0.260. The number of hydrogen-bond acceptors (Lipinski definition) is 5. The number of rotatable bonds is 3.